The number of hydrogen-bond donors (Lipinski definition) is 2. The fraction of sp³-hybridized carbons (Fsp3) is 0.200. The molecule has 0 heterocycles. The van der Waals surface area contributed by atoms with E-state index >= 15 is 0 Å². The summed E-state index contributed by atoms with van der Waals surface area (Å²) in [4.78, 5) is 0. The Kier molecular flexibility index (Phi) is 4.42. The second-order valence-corrected chi connectivity index (χ2v) is 4.51. The minimum atomic E-state index is -1.00. The summed E-state index contributed by atoms with van der Waals surface area (Å²) in [5.74, 6) is -3.02. The van der Waals surface area contributed by atoms with Crippen molar-refractivity contribution < 1.29 is 18.3 Å². The number of rotatable bonds is 4. The number of aliphatic hydroxyl groups excluding tert-OH is 1. The van der Waals surface area contributed by atoms with Crippen LogP contribution >= 0.6 is 0 Å². The Morgan fingerprint density at radius 2 is 1.50 bits per heavy atom. The zero-order valence-corrected chi connectivity index (χ0v) is 10.6. The van der Waals surface area contributed by atoms with E-state index in [9.17, 15) is 18.3 Å². The van der Waals surface area contributed by atoms with E-state index in [4.69, 9.17) is 5.73 Å². The Labute approximate surface area is 114 Å². The van der Waals surface area contributed by atoms with Crippen molar-refractivity contribution in [3.05, 3.63) is 71.0 Å². The lowest BCUT2D eigenvalue weighted by atomic mass is 9.86. The third kappa shape index (κ3) is 3.00. The molecule has 2 aromatic carbocycles. The summed E-state index contributed by atoms with van der Waals surface area (Å²) in [6.07, 6.45) is -0.981. The van der Waals surface area contributed by atoms with Crippen LogP contribution in [0.25, 0.3) is 0 Å². The predicted molar refractivity (Wildman–Crippen MR) is 69.7 cm³/mol. The van der Waals surface area contributed by atoms with Crippen molar-refractivity contribution in [3.8, 4) is 0 Å². The topological polar surface area (TPSA) is 46.2 Å². The third-order valence-corrected chi connectivity index (χ3v) is 3.16. The minimum Gasteiger partial charge on any atom is -0.391 e. The molecule has 0 aliphatic rings. The molecule has 5 heteroatoms. The highest BCUT2D eigenvalue weighted by molar-refractivity contribution is 5.34. The molecule has 0 bridgehead atoms. The standard InChI is InChI=1S/C15H14F3NO/c16-11-4-1-9(2-5-11)15(14(20)8-19)10-3-6-12(17)13(18)7-10/h1-7,14-15,20H,8,19H2/t14-,15-/m0/s1. The lowest BCUT2D eigenvalue weighted by molar-refractivity contribution is 0.164. The molecule has 2 nitrogen and oxygen atoms in total. The zero-order chi connectivity index (χ0) is 14.7. The van der Waals surface area contributed by atoms with Crippen LogP contribution in [-0.4, -0.2) is 17.8 Å². The number of halogens is 3. The van der Waals surface area contributed by atoms with Gasteiger partial charge in [0.25, 0.3) is 0 Å². The fourth-order valence-corrected chi connectivity index (χ4v) is 2.15. The lowest BCUT2D eigenvalue weighted by Crippen LogP contribution is -2.28. The normalized spacial score (nSPS) is 14.1. The van der Waals surface area contributed by atoms with Crippen molar-refractivity contribution in [1.82, 2.24) is 0 Å². The Balaban J connectivity index is 2.46. The van der Waals surface area contributed by atoms with E-state index in [0.29, 0.717) is 11.1 Å². The number of aliphatic hydroxyl groups is 1. The molecule has 0 aliphatic heterocycles. The first kappa shape index (κ1) is 14.6. The summed E-state index contributed by atoms with van der Waals surface area (Å²) >= 11 is 0. The second kappa shape index (κ2) is 6.07. The van der Waals surface area contributed by atoms with Gasteiger partial charge >= 0.3 is 0 Å². The second-order valence-electron chi connectivity index (χ2n) is 4.51. The van der Waals surface area contributed by atoms with E-state index in [1.165, 1.54) is 30.3 Å². The van der Waals surface area contributed by atoms with Gasteiger partial charge in [0.1, 0.15) is 5.82 Å². The third-order valence-electron chi connectivity index (χ3n) is 3.16. The molecule has 0 saturated carbocycles. The molecular formula is C15H14F3NO. The van der Waals surface area contributed by atoms with Crippen LogP contribution in [0, 0.1) is 17.5 Å². The van der Waals surface area contributed by atoms with E-state index in [1.807, 2.05) is 0 Å². The van der Waals surface area contributed by atoms with Crippen molar-refractivity contribution in [3.63, 3.8) is 0 Å². The SMILES string of the molecule is NC[C@H](O)[C@@H](c1ccc(F)cc1)c1ccc(F)c(F)c1. The molecule has 2 atom stereocenters. The average molecular weight is 281 g/mol. The molecule has 20 heavy (non-hydrogen) atoms. The van der Waals surface area contributed by atoms with Crippen molar-refractivity contribution in [1.29, 1.82) is 0 Å². The molecule has 0 radical (unpaired) electrons. The van der Waals surface area contributed by atoms with Gasteiger partial charge in [-0.05, 0) is 35.4 Å². The van der Waals surface area contributed by atoms with Gasteiger partial charge in [0.05, 0.1) is 6.10 Å². The predicted octanol–water partition coefficient (Wildman–Crippen LogP) is 2.56. The van der Waals surface area contributed by atoms with Crippen LogP contribution in [0.15, 0.2) is 42.5 Å². The maximum atomic E-state index is 13.3. The first-order chi connectivity index (χ1) is 9.52. The fourth-order valence-electron chi connectivity index (χ4n) is 2.15. The van der Waals surface area contributed by atoms with Gasteiger partial charge in [-0.3, -0.25) is 0 Å². The number of hydrogen-bond acceptors (Lipinski definition) is 2. The monoisotopic (exact) mass is 281 g/mol. The maximum absolute atomic E-state index is 13.3. The summed E-state index contributed by atoms with van der Waals surface area (Å²) in [7, 11) is 0. The molecule has 2 rings (SSSR count). The zero-order valence-electron chi connectivity index (χ0n) is 10.6. The van der Waals surface area contributed by atoms with Crippen LogP contribution in [0.5, 0.6) is 0 Å². The van der Waals surface area contributed by atoms with E-state index in [0.717, 1.165) is 12.1 Å². The molecular weight excluding hydrogens is 267 g/mol. The van der Waals surface area contributed by atoms with Crippen molar-refractivity contribution in [2.45, 2.75) is 12.0 Å². The van der Waals surface area contributed by atoms with Crippen molar-refractivity contribution >= 4 is 0 Å². The highest BCUT2D eigenvalue weighted by Gasteiger charge is 2.23. The molecule has 0 saturated heterocycles. The Morgan fingerprint density at radius 3 is 2.05 bits per heavy atom. The molecule has 3 N–H and O–H groups in total. The molecule has 0 aliphatic carbocycles. The molecule has 0 unspecified atom stereocenters. The summed E-state index contributed by atoms with van der Waals surface area (Å²) in [5.41, 5.74) is 6.42. The van der Waals surface area contributed by atoms with Crippen LogP contribution in [-0.2, 0) is 0 Å². The van der Waals surface area contributed by atoms with Crippen LogP contribution in [0.3, 0.4) is 0 Å². The Hall–Kier alpha value is -1.85. The van der Waals surface area contributed by atoms with Crippen LogP contribution < -0.4 is 5.73 Å². The lowest BCUT2D eigenvalue weighted by Gasteiger charge is -2.23. The highest BCUT2D eigenvalue weighted by Crippen LogP contribution is 2.29. The maximum Gasteiger partial charge on any atom is 0.159 e. The quantitative estimate of drug-likeness (QED) is 0.904. The van der Waals surface area contributed by atoms with Crippen LogP contribution in [0.2, 0.25) is 0 Å². The Bertz CT molecular complexity index is 586. The summed E-state index contributed by atoms with van der Waals surface area (Å²) in [5, 5.41) is 10.0. The molecule has 106 valence electrons. The summed E-state index contributed by atoms with van der Waals surface area (Å²) < 4.78 is 39.3. The molecule has 0 fully saturated rings. The van der Waals surface area contributed by atoms with Crippen LogP contribution in [0.1, 0.15) is 17.0 Å². The smallest absolute Gasteiger partial charge is 0.159 e. The minimum absolute atomic E-state index is 0.0545. The largest absolute Gasteiger partial charge is 0.391 e. The number of nitrogens with two attached hydrogens (primary N) is 1. The Morgan fingerprint density at radius 1 is 0.900 bits per heavy atom. The van der Waals surface area contributed by atoms with Gasteiger partial charge in [0, 0.05) is 12.5 Å². The van der Waals surface area contributed by atoms with Crippen molar-refractivity contribution in [2.24, 2.45) is 5.73 Å². The van der Waals surface area contributed by atoms with Gasteiger partial charge in [0.15, 0.2) is 11.6 Å². The van der Waals surface area contributed by atoms with Gasteiger partial charge in [-0.2, -0.15) is 0 Å². The first-order valence-electron chi connectivity index (χ1n) is 6.11. The van der Waals surface area contributed by atoms with Gasteiger partial charge in [-0.25, -0.2) is 13.2 Å². The number of benzene rings is 2. The molecule has 0 spiro atoms. The van der Waals surface area contributed by atoms with E-state index in [2.05, 4.69) is 0 Å². The van der Waals surface area contributed by atoms with Gasteiger partial charge in [-0.1, -0.05) is 18.2 Å². The first-order valence-corrected chi connectivity index (χ1v) is 6.11. The van der Waals surface area contributed by atoms with Gasteiger partial charge in [-0.15, -0.1) is 0 Å². The summed E-state index contributed by atoms with van der Waals surface area (Å²) in [6, 6.07) is 8.84. The van der Waals surface area contributed by atoms with Crippen molar-refractivity contribution in [2.75, 3.05) is 6.54 Å². The van der Waals surface area contributed by atoms with Gasteiger partial charge in [0.2, 0.25) is 0 Å². The summed E-state index contributed by atoms with van der Waals surface area (Å²) in [6.45, 7) is -0.0545. The van der Waals surface area contributed by atoms with E-state index in [1.54, 1.807) is 0 Å². The van der Waals surface area contributed by atoms with Gasteiger partial charge < -0.3 is 10.8 Å². The van der Waals surface area contributed by atoms with E-state index in [-0.39, 0.29) is 6.54 Å². The average Bonchev–Trinajstić information content (AvgIpc) is 2.45. The molecule has 2 aromatic rings. The molecule has 0 aromatic heterocycles. The van der Waals surface area contributed by atoms with Crippen LogP contribution in [0.4, 0.5) is 13.2 Å². The highest BCUT2D eigenvalue weighted by atomic mass is 19.2. The van der Waals surface area contributed by atoms with E-state index < -0.39 is 29.5 Å². The molecule has 0 amide bonds.